The SMILES string of the molecule is CC(=O)OC[C@@]12C=C[C@@H](O1)[C@@H]1C(=O)N(c3ccc(Br)c(Cl)c3)C(=O)[C@H]12. The van der Waals surface area contributed by atoms with Gasteiger partial charge >= 0.3 is 5.97 Å². The van der Waals surface area contributed by atoms with Crippen molar-refractivity contribution in [3.8, 4) is 0 Å². The van der Waals surface area contributed by atoms with E-state index < -0.39 is 29.5 Å². The van der Waals surface area contributed by atoms with E-state index in [0.29, 0.717) is 15.2 Å². The number of amides is 2. The number of carbonyl (C=O) groups excluding carboxylic acids is 3. The second kappa shape index (κ2) is 5.65. The number of hydrogen-bond acceptors (Lipinski definition) is 5. The monoisotopic (exact) mass is 425 g/mol. The van der Waals surface area contributed by atoms with Gasteiger partial charge in [-0.3, -0.25) is 14.4 Å². The summed E-state index contributed by atoms with van der Waals surface area (Å²) in [6, 6.07) is 4.91. The fourth-order valence-corrected chi connectivity index (χ4v) is 4.18. The van der Waals surface area contributed by atoms with Crippen LogP contribution in [0.1, 0.15) is 6.92 Å². The van der Waals surface area contributed by atoms with Crippen LogP contribution in [0, 0.1) is 11.8 Å². The molecule has 4 rings (SSSR count). The van der Waals surface area contributed by atoms with E-state index in [0.717, 1.165) is 4.90 Å². The van der Waals surface area contributed by atoms with Gasteiger partial charge in [-0.1, -0.05) is 17.7 Å². The van der Waals surface area contributed by atoms with E-state index in [1.165, 1.54) is 6.92 Å². The lowest BCUT2D eigenvalue weighted by atomic mass is 9.77. The van der Waals surface area contributed by atoms with Crippen LogP contribution in [0.5, 0.6) is 0 Å². The van der Waals surface area contributed by atoms with Crippen molar-refractivity contribution in [1.29, 1.82) is 0 Å². The maximum absolute atomic E-state index is 13.0. The van der Waals surface area contributed by atoms with E-state index in [2.05, 4.69) is 15.9 Å². The van der Waals surface area contributed by atoms with Gasteiger partial charge in [-0.25, -0.2) is 4.90 Å². The van der Waals surface area contributed by atoms with Gasteiger partial charge in [0.2, 0.25) is 11.8 Å². The second-order valence-electron chi connectivity index (χ2n) is 6.29. The highest BCUT2D eigenvalue weighted by Gasteiger charge is 2.68. The molecule has 3 heterocycles. The summed E-state index contributed by atoms with van der Waals surface area (Å²) in [7, 11) is 0. The van der Waals surface area contributed by atoms with Crippen molar-refractivity contribution in [3.63, 3.8) is 0 Å². The van der Waals surface area contributed by atoms with Crippen molar-refractivity contribution >= 4 is 51.0 Å². The largest absolute Gasteiger partial charge is 0.462 e. The maximum atomic E-state index is 13.0. The van der Waals surface area contributed by atoms with Gasteiger partial charge in [0.15, 0.2) is 0 Å². The molecule has 2 amide bonds. The fraction of sp³-hybridized carbons (Fsp3) is 0.353. The third-order valence-electron chi connectivity index (χ3n) is 4.82. The molecular formula is C17H13BrClNO5. The van der Waals surface area contributed by atoms with Gasteiger partial charge in [-0.2, -0.15) is 0 Å². The molecule has 25 heavy (non-hydrogen) atoms. The summed E-state index contributed by atoms with van der Waals surface area (Å²) in [6.07, 6.45) is 2.99. The van der Waals surface area contributed by atoms with E-state index in [9.17, 15) is 14.4 Å². The van der Waals surface area contributed by atoms with Crippen molar-refractivity contribution in [3.05, 3.63) is 39.8 Å². The Balaban J connectivity index is 1.70. The number of anilines is 1. The molecule has 130 valence electrons. The zero-order valence-corrected chi connectivity index (χ0v) is 15.4. The first-order valence-electron chi connectivity index (χ1n) is 7.67. The number of nitrogens with zero attached hydrogens (tertiary/aromatic N) is 1. The van der Waals surface area contributed by atoms with Crippen molar-refractivity contribution in [2.24, 2.45) is 11.8 Å². The Morgan fingerprint density at radius 1 is 1.40 bits per heavy atom. The molecule has 3 aliphatic rings. The molecule has 2 fully saturated rings. The lowest BCUT2D eigenvalue weighted by Crippen LogP contribution is -2.44. The van der Waals surface area contributed by atoms with Crippen LogP contribution >= 0.6 is 27.5 Å². The first kappa shape index (κ1) is 16.8. The Hall–Kier alpha value is -1.70. The van der Waals surface area contributed by atoms with Gasteiger partial charge in [-0.15, -0.1) is 0 Å². The average Bonchev–Trinajstić information content (AvgIpc) is 3.20. The van der Waals surface area contributed by atoms with Gasteiger partial charge in [0.05, 0.1) is 28.6 Å². The lowest BCUT2D eigenvalue weighted by molar-refractivity contribution is -0.150. The van der Waals surface area contributed by atoms with Crippen LogP contribution in [-0.2, 0) is 23.9 Å². The summed E-state index contributed by atoms with van der Waals surface area (Å²) in [4.78, 5) is 38.3. The van der Waals surface area contributed by atoms with Gasteiger partial charge < -0.3 is 9.47 Å². The third kappa shape index (κ3) is 2.37. The van der Waals surface area contributed by atoms with E-state index in [1.54, 1.807) is 30.4 Å². The van der Waals surface area contributed by atoms with Crippen LogP contribution in [0.15, 0.2) is 34.8 Å². The van der Waals surface area contributed by atoms with Crippen molar-refractivity contribution in [2.75, 3.05) is 11.5 Å². The quantitative estimate of drug-likeness (QED) is 0.422. The molecule has 1 aromatic rings. The Labute approximate surface area is 156 Å². The molecule has 8 heteroatoms. The fourth-order valence-electron chi connectivity index (χ4n) is 3.76. The van der Waals surface area contributed by atoms with Crippen LogP contribution in [0.25, 0.3) is 0 Å². The first-order valence-corrected chi connectivity index (χ1v) is 8.84. The molecule has 0 aliphatic carbocycles. The van der Waals surface area contributed by atoms with Gasteiger partial charge in [-0.05, 0) is 40.2 Å². The topological polar surface area (TPSA) is 72.9 Å². The first-order chi connectivity index (χ1) is 11.8. The number of ether oxygens (including phenoxy) is 2. The number of benzene rings is 1. The van der Waals surface area contributed by atoms with Gasteiger partial charge in [0.1, 0.15) is 12.2 Å². The molecule has 2 bridgehead atoms. The standard InChI is InChI=1S/C17H13BrClNO5/c1-8(21)24-7-17-5-4-12(25-17)13-14(17)16(23)20(15(13)22)9-2-3-10(18)11(19)6-9/h2-6,12-14H,7H2,1H3/t12-,13+,14+,17-/m1/s1. The molecule has 1 aromatic carbocycles. The maximum Gasteiger partial charge on any atom is 0.302 e. The lowest BCUT2D eigenvalue weighted by Gasteiger charge is -2.28. The van der Waals surface area contributed by atoms with Crippen molar-refractivity contribution in [2.45, 2.75) is 18.6 Å². The Morgan fingerprint density at radius 3 is 2.84 bits per heavy atom. The summed E-state index contributed by atoms with van der Waals surface area (Å²) in [6.45, 7) is 1.20. The average molecular weight is 427 g/mol. The van der Waals surface area contributed by atoms with E-state index >= 15 is 0 Å². The van der Waals surface area contributed by atoms with E-state index in [4.69, 9.17) is 21.1 Å². The number of carbonyl (C=O) groups is 3. The number of halogens is 2. The highest BCUT2D eigenvalue weighted by molar-refractivity contribution is 9.10. The summed E-state index contributed by atoms with van der Waals surface area (Å²) in [5.74, 6) is -2.49. The molecular weight excluding hydrogens is 414 g/mol. The Morgan fingerprint density at radius 2 is 2.16 bits per heavy atom. The molecule has 0 aromatic heterocycles. The van der Waals surface area contributed by atoms with Crippen LogP contribution in [0.2, 0.25) is 5.02 Å². The van der Waals surface area contributed by atoms with E-state index in [1.807, 2.05) is 0 Å². The predicted molar refractivity (Wildman–Crippen MR) is 92.0 cm³/mol. The van der Waals surface area contributed by atoms with Gasteiger partial charge in [0, 0.05) is 11.4 Å². The molecule has 0 unspecified atom stereocenters. The highest BCUT2D eigenvalue weighted by Crippen LogP contribution is 2.52. The van der Waals surface area contributed by atoms with Crippen LogP contribution in [0.4, 0.5) is 5.69 Å². The van der Waals surface area contributed by atoms with Crippen LogP contribution < -0.4 is 4.90 Å². The molecule has 4 atom stereocenters. The number of rotatable bonds is 3. The predicted octanol–water partition coefficient (Wildman–Crippen LogP) is 2.48. The summed E-state index contributed by atoms with van der Waals surface area (Å²) in [5, 5.41) is 0.405. The van der Waals surface area contributed by atoms with Gasteiger partial charge in [0.25, 0.3) is 0 Å². The summed E-state index contributed by atoms with van der Waals surface area (Å²) in [5.41, 5.74) is -0.665. The molecule has 3 aliphatic heterocycles. The molecule has 6 nitrogen and oxygen atoms in total. The zero-order valence-electron chi connectivity index (χ0n) is 13.1. The molecule has 0 radical (unpaired) electrons. The van der Waals surface area contributed by atoms with E-state index in [-0.39, 0.29) is 18.4 Å². The highest BCUT2D eigenvalue weighted by atomic mass is 79.9. The minimum atomic E-state index is -1.08. The number of hydrogen-bond donors (Lipinski definition) is 0. The second-order valence-corrected chi connectivity index (χ2v) is 7.55. The number of esters is 1. The van der Waals surface area contributed by atoms with Crippen LogP contribution in [-0.4, -0.2) is 36.1 Å². The summed E-state index contributed by atoms with van der Waals surface area (Å²) >= 11 is 9.39. The smallest absolute Gasteiger partial charge is 0.302 e. The molecule has 0 N–H and O–H groups in total. The molecule has 0 spiro atoms. The van der Waals surface area contributed by atoms with Crippen molar-refractivity contribution in [1.82, 2.24) is 0 Å². The minimum absolute atomic E-state index is 0.0928. The zero-order chi connectivity index (χ0) is 17.9. The number of fused-ring (bicyclic) bond motifs is 5. The molecule has 0 saturated carbocycles. The normalized spacial score (nSPS) is 32.4. The molecule has 2 saturated heterocycles. The number of imide groups is 1. The van der Waals surface area contributed by atoms with Crippen molar-refractivity contribution < 1.29 is 23.9 Å². The third-order valence-corrected chi connectivity index (χ3v) is 6.05. The van der Waals surface area contributed by atoms with Crippen LogP contribution in [0.3, 0.4) is 0 Å². The summed E-state index contributed by atoms with van der Waals surface area (Å²) < 4.78 is 11.6. The minimum Gasteiger partial charge on any atom is -0.462 e. The Kier molecular flexibility index (Phi) is 3.79. The Bertz CT molecular complexity index is 840.